The minimum absolute atomic E-state index is 0.00768. The molecule has 1 N–H and O–H groups in total. The lowest BCUT2D eigenvalue weighted by Gasteiger charge is -2.28. The molecule has 0 radical (unpaired) electrons. The van der Waals surface area contributed by atoms with Crippen LogP contribution < -0.4 is 5.32 Å². The van der Waals surface area contributed by atoms with Gasteiger partial charge in [0.25, 0.3) is 0 Å². The van der Waals surface area contributed by atoms with Gasteiger partial charge in [-0.25, -0.2) is 4.39 Å². The number of halogens is 1. The van der Waals surface area contributed by atoms with Gasteiger partial charge < -0.3 is 5.32 Å². The molecule has 1 saturated carbocycles. The van der Waals surface area contributed by atoms with Crippen molar-refractivity contribution >= 4 is 35.1 Å². The molecule has 2 aromatic carbocycles. The SMILES string of the molecule is O=C(Nc1cccc(C2SCCCS2)c1)C1(c2cccc(F)c2)CCCC1. The minimum atomic E-state index is -0.619. The fourth-order valence-corrected chi connectivity index (χ4v) is 6.98. The van der Waals surface area contributed by atoms with E-state index in [1.54, 1.807) is 6.07 Å². The second kappa shape index (κ2) is 8.27. The molecular formula is C22H24FNOS2. The first-order valence-corrected chi connectivity index (χ1v) is 11.7. The summed E-state index contributed by atoms with van der Waals surface area (Å²) in [4.78, 5) is 13.3. The summed E-state index contributed by atoms with van der Waals surface area (Å²) in [5.74, 6) is 2.10. The standard InChI is InChI=1S/C22H24FNOS2/c23-18-8-4-7-17(15-18)22(10-1-2-11-22)21(25)24-19-9-3-6-16(14-19)20-26-12-5-13-27-20/h3-4,6-9,14-15,20H,1-2,5,10-13H2,(H,24,25). The van der Waals surface area contributed by atoms with Gasteiger partial charge in [-0.15, -0.1) is 23.5 Å². The van der Waals surface area contributed by atoms with Crippen LogP contribution in [0.4, 0.5) is 10.1 Å². The average Bonchev–Trinajstić information content (AvgIpc) is 3.20. The van der Waals surface area contributed by atoms with Gasteiger partial charge in [-0.1, -0.05) is 37.1 Å². The van der Waals surface area contributed by atoms with Gasteiger partial charge in [0, 0.05) is 5.69 Å². The second-order valence-corrected chi connectivity index (χ2v) is 10.0. The second-order valence-electron chi connectivity index (χ2n) is 7.31. The van der Waals surface area contributed by atoms with Crippen LogP contribution in [0, 0.1) is 5.82 Å². The van der Waals surface area contributed by atoms with Gasteiger partial charge in [0.05, 0.1) is 10.00 Å². The van der Waals surface area contributed by atoms with Gasteiger partial charge in [-0.05, 0) is 66.2 Å². The van der Waals surface area contributed by atoms with Crippen molar-refractivity contribution in [3.63, 3.8) is 0 Å². The number of benzene rings is 2. The third-order valence-electron chi connectivity index (χ3n) is 5.51. The van der Waals surface area contributed by atoms with E-state index in [0.717, 1.165) is 36.9 Å². The topological polar surface area (TPSA) is 29.1 Å². The molecule has 2 nitrogen and oxygen atoms in total. The molecule has 2 fully saturated rings. The molecule has 1 heterocycles. The molecule has 4 rings (SSSR count). The Balaban J connectivity index is 1.57. The van der Waals surface area contributed by atoms with Gasteiger partial charge >= 0.3 is 0 Å². The molecule has 1 saturated heterocycles. The van der Waals surface area contributed by atoms with E-state index in [1.807, 2.05) is 41.7 Å². The van der Waals surface area contributed by atoms with E-state index in [0.29, 0.717) is 4.58 Å². The van der Waals surface area contributed by atoms with Crippen molar-refractivity contribution in [1.82, 2.24) is 0 Å². The molecule has 1 aliphatic heterocycles. The number of carbonyl (C=O) groups excluding carboxylic acids is 1. The minimum Gasteiger partial charge on any atom is -0.325 e. The Morgan fingerprint density at radius 2 is 1.74 bits per heavy atom. The third-order valence-corrected chi connectivity index (χ3v) is 8.53. The number of rotatable bonds is 4. The fourth-order valence-electron chi connectivity index (χ4n) is 4.11. The van der Waals surface area contributed by atoms with Gasteiger partial charge in [-0.2, -0.15) is 0 Å². The lowest BCUT2D eigenvalue weighted by molar-refractivity contribution is -0.121. The largest absolute Gasteiger partial charge is 0.325 e. The molecule has 0 unspecified atom stereocenters. The molecule has 2 aliphatic rings. The van der Waals surface area contributed by atoms with Crippen LogP contribution in [-0.4, -0.2) is 17.4 Å². The van der Waals surface area contributed by atoms with Crippen LogP contribution in [0.15, 0.2) is 48.5 Å². The zero-order chi connectivity index (χ0) is 18.7. The molecule has 5 heteroatoms. The Morgan fingerprint density at radius 1 is 1.00 bits per heavy atom. The normalized spacial score (nSPS) is 19.7. The van der Waals surface area contributed by atoms with Crippen LogP contribution in [0.1, 0.15) is 47.8 Å². The number of anilines is 1. The zero-order valence-electron chi connectivity index (χ0n) is 15.2. The molecule has 1 aliphatic carbocycles. The maximum atomic E-state index is 13.8. The van der Waals surface area contributed by atoms with Crippen LogP contribution in [-0.2, 0) is 10.2 Å². The quantitative estimate of drug-likeness (QED) is 0.667. The number of hydrogen-bond donors (Lipinski definition) is 1. The Morgan fingerprint density at radius 3 is 2.48 bits per heavy atom. The lowest BCUT2D eigenvalue weighted by atomic mass is 9.78. The van der Waals surface area contributed by atoms with Crippen molar-refractivity contribution < 1.29 is 9.18 Å². The van der Waals surface area contributed by atoms with E-state index >= 15 is 0 Å². The van der Waals surface area contributed by atoms with E-state index in [1.165, 1.54) is 35.6 Å². The summed E-state index contributed by atoms with van der Waals surface area (Å²) in [6.07, 6.45) is 4.81. The van der Waals surface area contributed by atoms with Crippen molar-refractivity contribution in [2.24, 2.45) is 0 Å². The van der Waals surface area contributed by atoms with Gasteiger partial charge in [-0.3, -0.25) is 4.79 Å². The van der Waals surface area contributed by atoms with Crippen LogP contribution in [0.5, 0.6) is 0 Å². The van der Waals surface area contributed by atoms with Crippen LogP contribution >= 0.6 is 23.5 Å². The molecule has 2 aromatic rings. The Labute approximate surface area is 168 Å². The van der Waals surface area contributed by atoms with Crippen molar-refractivity contribution in [1.29, 1.82) is 0 Å². The molecular weight excluding hydrogens is 377 g/mol. The predicted molar refractivity (Wildman–Crippen MR) is 114 cm³/mol. The van der Waals surface area contributed by atoms with Crippen LogP contribution in [0.25, 0.3) is 0 Å². The fraction of sp³-hybridized carbons (Fsp3) is 0.409. The zero-order valence-corrected chi connectivity index (χ0v) is 16.9. The number of nitrogens with one attached hydrogen (secondary N) is 1. The van der Waals surface area contributed by atoms with Crippen molar-refractivity contribution in [2.45, 2.75) is 42.1 Å². The van der Waals surface area contributed by atoms with Crippen LogP contribution in [0.3, 0.4) is 0 Å². The van der Waals surface area contributed by atoms with Crippen molar-refractivity contribution in [3.8, 4) is 0 Å². The van der Waals surface area contributed by atoms with E-state index in [4.69, 9.17) is 0 Å². The first-order valence-electron chi connectivity index (χ1n) is 9.58. The average molecular weight is 402 g/mol. The maximum absolute atomic E-state index is 13.8. The van der Waals surface area contributed by atoms with Gasteiger partial charge in [0.2, 0.25) is 5.91 Å². The molecule has 0 aromatic heterocycles. The maximum Gasteiger partial charge on any atom is 0.235 e. The summed E-state index contributed by atoms with van der Waals surface area (Å²) >= 11 is 3.95. The summed E-state index contributed by atoms with van der Waals surface area (Å²) in [5, 5.41) is 3.14. The van der Waals surface area contributed by atoms with E-state index in [-0.39, 0.29) is 11.7 Å². The summed E-state index contributed by atoms with van der Waals surface area (Å²) < 4.78 is 14.2. The molecule has 0 atom stereocenters. The van der Waals surface area contributed by atoms with Gasteiger partial charge in [0.15, 0.2) is 0 Å². The molecule has 142 valence electrons. The predicted octanol–water partition coefficient (Wildman–Crippen LogP) is 6.14. The molecule has 0 bridgehead atoms. The van der Waals surface area contributed by atoms with Gasteiger partial charge in [0.1, 0.15) is 5.82 Å². The highest BCUT2D eigenvalue weighted by Gasteiger charge is 2.42. The summed E-state index contributed by atoms with van der Waals surface area (Å²) in [7, 11) is 0. The summed E-state index contributed by atoms with van der Waals surface area (Å²) in [6, 6.07) is 14.8. The monoisotopic (exact) mass is 401 g/mol. The summed E-state index contributed by atoms with van der Waals surface area (Å²) in [6.45, 7) is 0. The number of carbonyl (C=O) groups is 1. The highest BCUT2D eigenvalue weighted by atomic mass is 32.2. The highest BCUT2D eigenvalue weighted by molar-refractivity contribution is 8.16. The Kier molecular flexibility index (Phi) is 5.79. The van der Waals surface area contributed by atoms with E-state index in [2.05, 4.69) is 17.4 Å². The molecule has 0 spiro atoms. The Bertz CT molecular complexity index is 813. The highest BCUT2D eigenvalue weighted by Crippen LogP contribution is 2.45. The van der Waals surface area contributed by atoms with Crippen molar-refractivity contribution in [3.05, 3.63) is 65.5 Å². The third kappa shape index (κ3) is 4.04. The summed E-state index contributed by atoms with van der Waals surface area (Å²) in [5.41, 5.74) is 2.28. The first-order chi connectivity index (χ1) is 13.2. The number of thioether (sulfide) groups is 2. The number of hydrogen-bond acceptors (Lipinski definition) is 3. The van der Waals surface area contributed by atoms with Crippen LogP contribution in [0.2, 0.25) is 0 Å². The number of amides is 1. The molecule has 1 amide bonds. The van der Waals surface area contributed by atoms with Crippen molar-refractivity contribution in [2.75, 3.05) is 16.8 Å². The lowest BCUT2D eigenvalue weighted by Crippen LogP contribution is -2.38. The Hall–Kier alpha value is -1.46. The molecule has 27 heavy (non-hydrogen) atoms. The van der Waals surface area contributed by atoms with E-state index in [9.17, 15) is 9.18 Å². The smallest absolute Gasteiger partial charge is 0.235 e. The first kappa shape index (κ1) is 18.9. The van der Waals surface area contributed by atoms with E-state index < -0.39 is 5.41 Å².